The lowest BCUT2D eigenvalue weighted by atomic mass is 9.63. The fraction of sp³-hybridized carbons (Fsp3) is 0.789. The van der Waals surface area contributed by atoms with Gasteiger partial charge in [0.1, 0.15) is 0 Å². The number of carbonyl (C=O) groups is 2. The van der Waals surface area contributed by atoms with Crippen LogP contribution in [0, 0.1) is 29.6 Å². The second kappa shape index (κ2) is 6.96. The molecule has 2 fully saturated rings. The Morgan fingerprint density at radius 3 is 1.83 bits per heavy atom. The maximum absolute atomic E-state index is 12.2. The molecule has 134 valence electrons. The van der Waals surface area contributed by atoms with Crippen molar-refractivity contribution in [2.45, 2.75) is 64.5 Å². The van der Waals surface area contributed by atoms with Crippen LogP contribution in [0.3, 0.4) is 0 Å². The number of ether oxygens (including phenoxy) is 1. The number of nitrogens with two attached hydrogens (primary N) is 2. The van der Waals surface area contributed by atoms with Crippen molar-refractivity contribution >= 4 is 11.9 Å². The molecule has 0 aromatic carbocycles. The SMILES string of the molecule is CC1CC(C(C2=CC(=O)OC2=O)C2CCC(N)C(C)C2)CCC1N. The lowest BCUT2D eigenvalue weighted by molar-refractivity contribution is -0.151. The minimum absolute atomic E-state index is 0.105. The van der Waals surface area contributed by atoms with E-state index in [1.54, 1.807) is 0 Å². The van der Waals surface area contributed by atoms with Crippen molar-refractivity contribution in [1.29, 1.82) is 0 Å². The topological polar surface area (TPSA) is 95.4 Å². The molecule has 0 radical (unpaired) electrons. The van der Waals surface area contributed by atoms with Crippen LogP contribution in [0.15, 0.2) is 11.6 Å². The van der Waals surface area contributed by atoms with Gasteiger partial charge in [0.05, 0.1) is 0 Å². The van der Waals surface area contributed by atoms with Gasteiger partial charge < -0.3 is 16.2 Å². The third-order valence-corrected chi connectivity index (χ3v) is 6.63. The van der Waals surface area contributed by atoms with Crippen LogP contribution < -0.4 is 11.5 Å². The minimum Gasteiger partial charge on any atom is -0.386 e. The van der Waals surface area contributed by atoms with E-state index in [-0.39, 0.29) is 18.0 Å². The Morgan fingerprint density at radius 2 is 1.46 bits per heavy atom. The number of esters is 2. The Kier molecular flexibility index (Phi) is 5.11. The molecule has 0 saturated heterocycles. The highest BCUT2D eigenvalue weighted by Crippen LogP contribution is 2.46. The van der Waals surface area contributed by atoms with Crippen molar-refractivity contribution in [1.82, 2.24) is 0 Å². The summed E-state index contributed by atoms with van der Waals surface area (Å²) in [6.45, 7) is 4.39. The molecule has 5 heteroatoms. The first-order valence-corrected chi connectivity index (χ1v) is 9.35. The van der Waals surface area contributed by atoms with E-state index in [4.69, 9.17) is 16.2 Å². The zero-order valence-corrected chi connectivity index (χ0v) is 14.7. The molecule has 2 aliphatic carbocycles. The molecule has 1 aliphatic heterocycles. The van der Waals surface area contributed by atoms with Crippen molar-refractivity contribution in [3.63, 3.8) is 0 Å². The third kappa shape index (κ3) is 3.42. The molecule has 24 heavy (non-hydrogen) atoms. The molecule has 0 aromatic heterocycles. The summed E-state index contributed by atoms with van der Waals surface area (Å²) in [5.41, 5.74) is 13.0. The molecule has 0 spiro atoms. The molecular weight excluding hydrogens is 304 g/mol. The van der Waals surface area contributed by atoms with Gasteiger partial charge in [0.2, 0.25) is 0 Å². The first-order chi connectivity index (χ1) is 11.4. The van der Waals surface area contributed by atoms with Gasteiger partial charge in [-0.3, -0.25) is 0 Å². The third-order valence-electron chi connectivity index (χ3n) is 6.63. The molecule has 3 aliphatic rings. The van der Waals surface area contributed by atoms with Gasteiger partial charge in [-0.15, -0.1) is 0 Å². The number of hydrogen-bond acceptors (Lipinski definition) is 5. The highest BCUT2D eigenvalue weighted by Gasteiger charge is 2.43. The van der Waals surface area contributed by atoms with Gasteiger partial charge in [0.25, 0.3) is 0 Å². The minimum atomic E-state index is -0.513. The van der Waals surface area contributed by atoms with Gasteiger partial charge >= 0.3 is 11.9 Å². The maximum Gasteiger partial charge on any atom is 0.342 e. The van der Waals surface area contributed by atoms with Gasteiger partial charge in [-0.2, -0.15) is 0 Å². The van der Waals surface area contributed by atoms with Crippen LogP contribution in [0.2, 0.25) is 0 Å². The number of hydrogen-bond donors (Lipinski definition) is 2. The Hall–Kier alpha value is -1.20. The molecule has 5 nitrogen and oxygen atoms in total. The number of carbonyl (C=O) groups excluding carboxylic acids is 2. The van der Waals surface area contributed by atoms with E-state index in [9.17, 15) is 9.59 Å². The molecule has 0 bridgehead atoms. The van der Waals surface area contributed by atoms with Crippen molar-refractivity contribution in [3.05, 3.63) is 11.6 Å². The van der Waals surface area contributed by atoms with E-state index < -0.39 is 11.9 Å². The monoisotopic (exact) mass is 334 g/mol. The second-order valence-electron chi connectivity index (χ2n) is 8.26. The zero-order valence-electron chi connectivity index (χ0n) is 14.7. The van der Waals surface area contributed by atoms with Gasteiger partial charge in [-0.25, -0.2) is 9.59 Å². The fourth-order valence-corrected chi connectivity index (χ4v) is 5.07. The van der Waals surface area contributed by atoms with Crippen LogP contribution in [0.5, 0.6) is 0 Å². The lowest BCUT2D eigenvalue weighted by Gasteiger charge is -2.43. The summed E-state index contributed by atoms with van der Waals surface area (Å²) in [7, 11) is 0. The summed E-state index contributed by atoms with van der Waals surface area (Å²) in [4.78, 5) is 23.8. The van der Waals surface area contributed by atoms with Crippen LogP contribution in [0.4, 0.5) is 0 Å². The van der Waals surface area contributed by atoms with E-state index in [1.807, 2.05) is 0 Å². The molecule has 4 N–H and O–H groups in total. The van der Waals surface area contributed by atoms with E-state index in [2.05, 4.69) is 13.8 Å². The normalized spacial score (nSPS) is 41.8. The summed E-state index contributed by atoms with van der Waals surface area (Å²) >= 11 is 0. The van der Waals surface area contributed by atoms with Crippen LogP contribution in [0.25, 0.3) is 0 Å². The molecule has 6 unspecified atom stereocenters. The van der Waals surface area contributed by atoms with Gasteiger partial charge in [-0.1, -0.05) is 13.8 Å². The summed E-state index contributed by atoms with van der Waals surface area (Å²) < 4.78 is 4.81. The van der Waals surface area contributed by atoms with Crippen molar-refractivity contribution in [2.24, 2.45) is 41.1 Å². The Labute approximate surface area is 144 Å². The van der Waals surface area contributed by atoms with Gasteiger partial charge in [0, 0.05) is 23.7 Å². The number of rotatable bonds is 3. The molecule has 1 heterocycles. The van der Waals surface area contributed by atoms with E-state index in [0.717, 1.165) is 38.5 Å². The van der Waals surface area contributed by atoms with Crippen molar-refractivity contribution in [3.8, 4) is 0 Å². The van der Waals surface area contributed by atoms with Gasteiger partial charge in [-0.05, 0) is 68.1 Å². The summed E-state index contributed by atoms with van der Waals surface area (Å²) in [6, 6.07) is 0.485. The quantitative estimate of drug-likeness (QED) is 0.609. The Morgan fingerprint density at radius 1 is 0.958 bits per heavy atom. The Bertz CT molecular complexity index is 519. The molecular formula is C19H30N2O3. The summed E-state index contributed by atoms with van der Waals surface area (Å²) in [5, 5.41) is 0. The van der Waals surface area contributed by atoms with E-state index in [0.29, 0.717) is 29.2 Å². The molecule has 3 rings (SSSR count). The second-order valence-corrected chi connectivity index (χ2v) is 8.26. The molecule has 6 atom stereocenters. The first kappa shape index (κ1) is 17.6. The van der Waals surface area contributed by atoms with E-state index >= 15 is 0 Å². The average molecular weight is 334 g/mol. The number of cyclic esters (lactones) is 2. The lowest BCUT2D eigenvalue weighted by Crippen LogP contribution is -2.42. The summed E-state index contributed by atoms with van der Waals surface area (Å²) in [6.07, 6.45) is 7.48. The average Bonchev–Trinajstić information content (AvgIpc) is 2.85. The maximum atomic E-state index is 12.2. The summed E-state index contributed by atoms with van der Waals surface area (Å²) in [5.74, 6) is 0.851. The standard InChI is InChI=1S/C19H30N2O3/c1-10-7-12(3-5-15(10)20)18(14-9-17(22)24-19(14)23)13-4-6-16(21)11(2)8-13/h9-13,15-16,18H,3-8,20-21H2,1-2H3. The first-order valence-electron chi connectivity index (χ1n) is 9.35. The largest absolute Gasteiger partial charge is 0.386 e. The highest BCUT2D eigenvalue weighted by atomic mass is 16.6. The van der Waals surface area contributed by atoms with Crippen LogP contribution >= 0.6 is 0 Å². The molecule has 0 aromatic rings. The van der Waals surface area contributed by atoms with Crippen molar-refractivity contribution in [2.75, 3.05) is 0 Å². The smallest absolute Gasteiger partial charge is 0.342 e. The fourth-order valence-electron chi connectivity index (χ4n) is 5.07. The van der Waals surface area contributed by atoms with Crippen LogP contribution in [0.1, 0.15) is 52.4 Å². The predicted molar refractivity (Wildman–Crippen MR) is 91.6 cm³/mol. The van der Waals surface area contributed by atoms with Gasteiger partial charge in [0.15, 0.2) is 0 Å². The molecule has 2 saturated carbocycles. The molecule has 0 amide bonds. The zero-order chi connectivity index (χ0) is 17.4. The highest BCUT2D eigenvalue weighted by molar-refractivity contribution is 6.09. The van der Waals surface area contributed by atoms with Crippen LogP contribution in [-0.2, 0) is 14.3 Å². The van der Waals surface area contributed by atoms with E-state index in [1.165, 1.54) is 6.08 Å². The van der Waals surface area contributed by atoms with Crippen LogP contribution in [-0.4, -0.2) is 24.0 Å². The van der Waals surface area contributed by atoms with Crippen molar-refractivity contribution < 1.29 is 14.3 Å². The predicted octanol–water partition coefficient (Wildman–Crippen LogP) is 2.14. The Balaban J connectivity index is 1.85.